The lowest BCUT2D eigenvalue weighted by Gasteiger charge is -2.30. The number of hydrogen-bond donors (Lipinski definition) is 2. The second-order valence-corrected chi connectivity index (χ2v) is 7.36. The van der Waals surface area contributed by atoms with Gasteiger partial charge in [0.15, 0.2) is 5.82 Å². The second-order valence-electron chi connectivity index (χ2n) is 7.36. The Morgan fingerprint density at radius 3 is 2.42 bits per heavy atom. The molecule has 164 valence electrons. The van der Waals surface area contributed by atoms with Crippen molar-refractivity contribution in [1.82, 2.24) is 19.7 Å². The minimum atomic E-state index is -4.81. The third-order valence-corrected chi connectivity index (χ3v) is 4.35. The normalized spacial score (nSPS) is 13.0. The van der Waals surface area contributed by atoms with E-state index in [1.54, 1.807) is 27.1 Å². The Kier molecular flexibility index (Phi) is 5.98. The summed E-state index contributed by atoms with van der Waals surface area (Å²) in [7, 11) is 1.64. The number of nitrogens with zero attached hydrogens (tertiary/aromatic N) is 4. The van der Waals surface area contributed by atoms with Gasteiger partial charge in [-0.3, -0.25) is 14.5 Å². The molecule has 1 unspecified atom stereocenters. The van der Waals surface area contributed by atoms with E-state index in [1.165, 1.54) is 35.4 Å². The van der Waals surface area contributed by atoms with Crippen molar-refractivity contribution in [2.24, 2.45) is 7.05 Å². The molecule has 31 heavy (non-hydrogen) atoms. The largest absolute Gasteiger partial charge is 0.573 e. The zero-order valence-electron chi connectivity index (χ0n) is 16.9. The first-order valence-electron chi connectivity index (χ1n) is 9.13. The number of benzene rings is 1. The number of anilines is 1. The predicted molar refractivity (Wildman–Crippen MR) is 104 cm³/mol. The van der Waals surface area contributed by atoms with E-state index >= 15 is 0 Å². The molecule has 2 aromatic heterocycles. The number of rotatable bonds is 6. The highest BCUT2D eigenvalue weighted by Gasteiger charge is 2.35. The molecule has 0 aliphatic carbocycles. The van der Waals surface area contributed by atoms with Crippen LogP contribution in [0.4, 0.5) is 19.0 Å². The fraction of sp³-hybridized carbons (Fsp3) is 0.300. The number of nitrogens with one attached hydrogen (secondary N) is 1. The highest BCUT2D eigenvalue weighted by atomic mass is 19.4. The zero-order valence-corrected chi connectivity index (χ0v) is 16.9. The fourth-order valence-corrected chi connectivity index (χ4v) is 3.23. The van der Waals surface area contributed by atoms with Crippen LogP contribution in [-0.2, 0) is 7.05 Å². The maximum atomic E-state index is 12.5. The molecule has 8 nitrogen and oxygen atoms in total. The SMILES string of the molecule is Cn1cc(C(c2ccc(OC(F)(F)F)cc2)C(C)(C)O)c(NC(=O)c2cnccn2)n1. The van der Waals surface area contributed by atoms with Crippen molar-refractivity contribution >= 4 is 11.7 Å². The predicted octanol–water partition coefficient (Wildman–Crippen LogP) is 3.26. The fourth-order valence-electron chi connectivity index (χ4n) is 3.23. The Bertz CT molecular complexity index is 1040. The maximum Gasteiger partial charge on any atom is 0.573 e. The van der Waals surface area contributed by atoms with E-state index in [0.29, 0.717) is 11.1 Å². The van der Waals surface area contributed by atoms with Gasteiger partial charge in [-0.25, -0.2) is 4.98 Å². The first kappa shape index (κ1) is 22.2. The van der Waals surface area contributed by atoms with Crippen molar-refractivity contribution in [2.45, 2.75) is 31.7 Å². The lowest BCUT2D eigenvalue weighted by molar-refractivity contribution is -0.274. The highest BCUT2D eigenvalue weighted by Crippen LogP contribution is 2.39. The molecule has 0 spiro atoms. The van der Waals surface area contributed by atoms with Crippen molar-refractivity contribution in [2.75, 3.05) is 5.32 Å². The number of aliphatic hydroxyl groups is 1. The van der Waals surface area contributed by atoms with Crippen LogP contribution in [0, 0.1) is 0 Å². The van der Waals surface area contributed by atoms with Crippen LogP contribution >= 0.6 is 0 Å². The third kappa shape index (κ3) is 5.57. The molecule has 3 aromatic rings. The molecule has 0 aliphatic rings. The minimum Gasteiger partial charge on any atom is -0.406 e. The summed E-state index contributed by atoms with van der Waals surface area (Å²) in [4.78, 5) is 20.3. The molecule has 0 saturated heterocycles. The van der Waals surface area contributed by atoms with E-state index in [2.05, 4.69) is 25.1 Å². The molecule has 1 atom stereocenters. The summed E-state index contributed by atoms with van der Waals surface area (Å²) in [6.07, 6.45) is 0.913. The lowest BCUT2D eigenvalue weighted by atomic mass is 9.80. The number of carbonyl (C=O) groups excluding carboxylic acids is 1. The van der Waals surface area contributed by atoms with Gasteiger partial charge in [0.2, 0.25) is 0 Å². The van der Waals surface area contributed by atoms with E-state index in [9.17, 15) is 23.1 Å². The van der Waals surface area contributed by atoms with Crippen LogP contribution in [0.3, 0.4) is 0 Å². The first-order chi connectivity index (χ1) is 14.4. The Labute approximate surface area is 175 Å². The summed E-state index contributed by atoms with van der Waals surface area (Å²) >= 11 is 0. The number of aryl methyl sites for hydroxylation is 1. The van der Waals surface area contributed by atoms with Crippen LogP contribution in [0.15, 0.2) is 49.1 Å². The van der Waals surface area contributed by atoms with E-state index in [0.717, 1.165) is 12.1 Å². The Morgan fingerprint density at radius 2 is 1.87 bits per heavy atom. The van der Waals surface area contributed by atoms with Gasteiger partial charge in [-0.2, -0.15) is 5.10 Å². The van der Waals surface area contributed by atoms with Crippen molar-refractivity contribution in [1.29, 1.82) is 0 Å². The molecule has 0 fully saturated rings. The van der Waals surface area contributed by atoms with Gasteiger partial charge >= 0.3 is 6.36 Å². The van der Waals surface area contributed by atoms with Gasteiger partial charge in [-0.15, -0.1) is 13.2 Å². The van der Waals surface area contributed by atoms with Crippen molar-refractivity contribution < 1.29 is 27.8 Å². The average Bonchev–Trinajstić information content (AvgIpc) is 3.01. The summed E-state index contributed by atoms with van der Waals surface area (Å²) in [6, 6.07) is 5.17. The Morgan fingerprint density at radius 1 is 1.19 bits per heavy atom. The number of hydrogen-bond acceptors (Lipinski definition) is 6. The van der Waals surface area contributed by atoms with Gasteiger partial charge < -0.3 is 15.2 Å². The summed E-state index contributed by atoms with van der Waals surface area (Å²) in [6.45, 7) is 3.11. The summed E-state index contributed by atoms with van der Waals surface area (Å²) in [5.41, 5.74) is -0.295. The van der Waals surface area contributed by atoms with Crippen LogP contribution in [0.5, 0.6) is 5.75 Å². The minimum absolute atomic E-state index is 0.0764. The molecule has 2 N–H and O–H groups in total. The molecule has 0 bridgehead atoms. The number of amides is 1. The van der Waals surface area contributed by atoms with Gasteiger partial charge in [0, 0.05) is 37.1 Å². The van der Waals surface area contributed by atoms with Crippen LogP contribution in [0.1, 0.15) is 41.4 Å². The third-order valence-electron chi connectivity index (χ3n) is 4.35. The number of alkyl halides is 3. The lowest BCUT2D eigenvalue weighted by Crippen LogP contribution is -2.30. The molecule has 1 amide bonds. The molecule has 2 heterocycles. The standard InChI is InChI=1S/C20H20F3N5O3/c1-19(2,30)16(12-4-6-13(7-5-12)31-20(21,22)23)14-11-28(3)27-17(14)26-18(29)15-10-24-8-9-25-15/h4-11,16,30H,1-3H3,(H,26,27,29). The molecule has 3 rings (SSSR count). The number of ether oxygens (including phenoxy) is 1. The van der Waals surface area contributed by atoms with E-state index in [4.69, 9.17) is 0 Å². The molecule has 0 saturated carbocycles. The Balaban J connectivity index is 1.96. The van der Waals surface area contributed by atoms with Crippen LogP contribution < -0.4 is 10.1 Å². The average molecular weight is 435 g/mol. The van der Waals surface area contributed by atoms with E-state index < -0.39 is 23.8 Å². The number of aromatic nitrogens is 4. The topological polar surface area (TPSA) is 102 Å². The highest BCUT2D eigenvalue weighted by molar-refractivity contribution is 6.02. The van der Waals surface area contributed by atoms with Gasteiger partial charge in [0.1, 0.15) is 11.4 Å². The van der Waals surface area contributed by atoms with E-state index in [-0.39, 0.29) is 17.3 Å². The molecule has 1 aromatic carbocycles. The smallest absolute Gasteiger partial charge is 0.406 e. The molecule has 0 aliphatic heterocycles. The van der Waals surface area contributed by atoms with Crippen molar-refractivity contribution in [3.8, 4) is 5.75 Å². The van der Waals surface area contributed by atoms with Gasteiger partial charge in [0.05, 0.1) is 11.8 Å². The summed E-state index contributed by atoms with van der Waals surface area (Å²) < 4.78 is 42.7. The van der Waals surface area contributed by atoms with Gasteiger partial charge in [-0.05, 0) is 31.5 Å². The number of carbonyl (C=O) groups is 1. The Hall–Kier alpha value is -3.47. The second kappa shape index (κ2) is 8.34. The monoisotopic (exact) mass is 435 g/mol. The molecule has 0 radical (unpaired) electrons. The van der Waals surface area contributed by atoms with Gasteiger partial charge in [-0.1, -0.05) is 12.1 Å². The van der Waals surface area contributed by atoms with Crippen molar-refractivity contribution in [3.63, 3.8) is 0 Å². The van der Waals surface area contributed by atoms with Crippen LogP contribution in [-0.4, -0.2) is 42.7 Å². The summed E-state index contributed by atoms with van der Waals surface area (Å²) in [5, 5.41) is 17.8. The summed E-state index contributed by atoms with van der Waals surface area (Å²) in [5.74, 6) is -1.47. The molecular formula is C20H20F3N5O3. The van der Waals surface area contributed by atoms with E-state index in [1.807, 2.05) is 0 Å². The molecule has 11 heteroatoms. The van der Waals surface area contributed by atoms with Crippen LogP contribution in [0.25, 0.3) is 0 Å². The van der Waals surface area contributed by atoms with Gasteiger partial charge in [0.25, 0.3) is 5.91 Å². The number of halogens is 3. The first-order valence-corrected chi connectivity index (χ1v) is 9.13. The quantitative estimate of drug-likeness (QED) is 0.616. The maximum absolute atomic E-state index is 12.5. The molecular weight excluding hydrogens is 415 g/mol. The van der Waals surface area contributed by atoms with Crippen molar-refractivity contribution in [3.05, 3.63) is 65.9 Å². The zero-order chi connectivity index (χ0) is 22.8. The van der Waals surface area contributed by atoms with Crippen LogP contribution in [0.2, 0.25) is 0 Å².